The molecular weight excluding hydrogens is 112 g/mol. The Bertz CT molecular complexity index is 134. The van der Waals surface area contributed by atoms with Crippen molar-refractivity contribution in [3.63, 3.8) is 0 Å². The fraction of sp³-hybridized carbons (Fsp3) is 0.250. The lowest BCUT2D eigenvalue weighted by Crippen LogP contribution is -1.62. The van der Waals surface area contributed by atoms with Crippen molar-refractivity contribution in [3.8, 4) is 0 Å². The molecule has 0 aromatic heterocycles. The Kier molecular flexibility index (Phi) is 4.83. The van der Waals surface area contributed by atoms with Crippen LogP contribution in [0.25, 0.3) is 0 Å². The topological polar surface area (TPSA) is 20.2 Å². The molecule has 1 N–H and O–H groups in total. The average Bonchev–Trinajstić information content (AvgIpc) is 1.94. The van der Waals surface area contributed by atoms with Crippen molar-refractivity contribution >= 4 is 0 Å². The van der Waals surface area contributed by atoms with Crippen LogP contribution >= 0.6 is 0 Å². The first-order chi connectivity index (χ1) is 4.39. The molecule has 0 spiro atoms. The smallest absolute Gasteiger partial charge is 0.0319 e. The summed E-state index contributed by atoms with van der Waals surface area (Å²) in [6, 6.07) is 10.3. The van der Waals surface area contributed by atoms with Gasteiger partial charge in [0.05, 0.1) is 0 Å². The van der Waals surface area contributed by atoms with E-state index in [0.29, 0.717) is 0 Å². The predicted molar refractivity (Wildman–Crippen MR) is 39.3 cm³/mol. The van der Waals surface area contributed by atoms with Gasteiger partial charge in [0.1, 0.15) is 0 Å². The highest BCUT2D eigenvalue weighted by Crippen LogP contribution is 1.92. The van der Waals surface area contributed by atoms with Gasteiger partial charge in [-0.05, 0) is 6.92 Å². The molecule has 0 atom stereocenters. The van der Waals surface area contributed by atoms with Crippen LogP contribution in [0.2, 0.25) is 0 Å². The quantitative estimate of drug-likeness (QED) is 0.557. The Morgan fingerprint density at radius 1 is 1.00 bits per heavy atom. The first-order valence-electron chi connectivity index (χ1n) is 2.86. The number of benzene rings is 1. The molecule has 0 radical (unpaired) electrons. The van der Waals surface area contributed by atoms with Crippen molar-refractivity contribution in [2.45, 2.75) is 6.92 Å². The maximum atomic E-state index is 7.00. The van der Waals surface area contributed by atoms with E-state index in [-0.39, 0.29) is 0 Å². The molecule has 1 rings (SSSR count). The molecule has 0 amide bonds. The molecule has 0 saturated heterocycles. The highest BCUT2D eigenvalue weighted by Gasteiger charge is 1.72. The van der Waals surface area contributed by atoms with Crippen LogP contribution in [0.1, 0.15) is 5.56 Å². The number of hydrogen-bond acceptors (Lipinski definition) is 1. The summed E-state index contributed by atoms with van der Waals surface area (Å²) in [7, 11) is 1.00. The van der Waals surface area contributed by atoms with Crippen molar-refractivity contribution in [1.82, 2.24) is 0 Å². The summed E-state index contributed by atoms with van der Waals surface area (Å²) < 4.78 is 0. The van der Waals surface area contributed by atoms with E-state index in [2.05, 4.69) is 19.1 Å². The van der Waals surface area contributed by atoms with Gasteiger partial charge in [-0.3, -0.25) is 0 Å². The van der Waals surface area contributed by atoms with Gasteiger partial charge in [0, 0.05) is 7.11 Å². The van der Waals surface area contributed by atoms with Gasteiger partial charge in [-0.15, -0.1) is 0 Å². The lowest BCUT2D eigenvalue weighted by molar-refractivity contribution is 0.399. The van der Waals surface area contributed by atoms with Crippen LogP contribution in [0, 0.1) is 6.92 Å². The summed E-state index contributed by atoms with van der Waals surface area (Å²) in [6.45, 7) is 2.08. The molecule has 0 saturated carbocycles. The Morgan fingerprint density at radius 3 is 1.67 bits per heavy atom. The maximum Gasteiger partial charge on any atom is 0.0319 e. The van der Waals surface area contributed by atoms with Crippen LogP contribution in [0.4, 0.5) is 0 Å². The lowest BCUT2D eigenvalue weighted by Gasteiger charge is -1.82. The summed E-state index contributed by atoms with van der Waals surface area (Å²) in [4.78, 5) is 0. The molecule has 0 fully saturated rings. The van der Waals surface area contributed by atoms with Crippen molar-refractivity contribution < 1.29 is 5.11 Å². The molecule has 0 heterocycles. The molecule has 1 aromatic carbocycles. The molecule has 0 aliphatic rings. The number of hydrogen-bond donors (Lipinski definition) is 1. The van der Waals surface area contributed by atoms with E-state index in [1.165, 1.54) is 5.56 Å². The van der Waals surface area contributed by atoms with E-state index in [1.54, 1.807) is 0 Å². The summed E-state index contributed by atoms with van der Waals surface area (Å²) in [5.74, 6) is 0. The van der Waals surface area contributed by atoms with Crippen LogP contribution in [0.5, 0.6) is 0 Å². The average molecular weight is 124 g/mol. The van der Waals surface area contributed by atoms with Gasteiger partial charge in [0.25, 0.3) is 0 Å². The van der Waals surface area contributed by atoms with E-state index in [0.717, 1.165) is 7.11 Å². The summed E-state index contributed by atoms with van der Waals surface area (Å²) >= 11 is 0. The molecule has 0 unspecified atom stereocenters. The minimum Gasteiger partial charge on any atom is -0.400 e. The Labute approximate surface area is 56.0 Å². The third kappa shape index (κ3) is 3.74. The lowest BCUT2D eigenvalue weighted by atomic mass is 10.2. The van der Waals surface area contributed by atoms with Gasteiger partial charge in [0.15, 0.2) is 0 Å². The van der Waals surface area contributed by atoms with Crippen molar-refractivity contribution in [2.75, 3.05) is 7.11 Å². The summed E-state index contributed by atoms with van der Waals surface area (Å²) in [6.07, 6.45) is 0. The highest BCUT2D eigenvalue weighted by molar-refractivity contribution is 5.11. The molecular formula is C8H12O. The molecule has 0 aliphatic heterocycles. The molecule has 1 nitrogen and oxygen atoms in total. The summed E-state index contributed by atoms with van der Waals surface area (Å²) in [5, 5.41) is 7.00. The summed E-state index contributed by atoms with van der Waals surface area (Å²) in [5.41, 5.74) is 1.32. The molecule has 50 valence electrons. The molecule has 1 aromatic rings. The third-order valence-electron chi connectivity index (χ3n) is 0.940. The number of aliphatic hydroxyl groups is 1. The zero-order chi connectivity index (χ0) is 7.11. The number of aliphatic hydroxyl groups excluding tert-OH is 1. The van der Waals surface area contributed by atoms with Crippen molar-refractivity contribution in [1.29, 1.82) is 0 Å². The van der Waals surface area contributed by atoms with Gasteiger partial charge in [0.2, 0.25) is 0 Å². The van der Waals surface area contributed by atoms with Crippen LogP contribution in [-0.4, -0.2) is 12.2 Å². The van der Waals surface area contributed by atoms with Crippen LogP contribution < -0.4 is 0 Å². The first-order valence-corrected chi connectivity index (χ1v) is 2.86. The zero-order valence-electron chi connectivity index (χ0n) is 5.83. The van der Waals surface area contributed by atoms with E-state index < -0.39 is 0 Å². The largest absolute Gasteiger partial charge is 0.400 e. The van der Waals surface area contributed by atoms with Gasteiger partial charge >= 0.3 is 0 Å². The fourth-order valence-corrected chi connectivity index (χ4v) is 0.534. The molecule has 0 aliphatic carbocycles. The molecule has 0 bridgehead atoms. The van der Waals surface area contributed by atoms with Gasteiger partial charge < -0.3 is 5.11 Å². The second-order valence-corrected chi connectivity index (χ2v) is 1.65. The minimum atomic E-state index is 1.00. The SMILES string of the molecule is CO.Cc1ccccc1. The third-order valence-corrected chi connectivity index (χ3v) is 0.940. The second kappa shape index (κ2) is 5.32. The zero-order valence-corrected chi connectivity index (χ0v) is 5.83. The van der Waals surface area contributed by atoms with E-state index in [4.69, 9.17) is 5.11 Å². The number of aryl methyl sites for hydroxylation is 1. The van der Waals surface area contributed by atoms with Crippen LogP contribution in [0.3, 0.4) is 0 Å². The molecule has 9 heavy (non-hydrogen) atoms. The van der Waals surface area contributed by atoms with Gasteiger partial charge in [-0.25, -0.2) is 0 Å². The fourth-order valence-electron chi connectivity index (χ4n) is 0.534. The highest BCUT2D eigenvalue weighted by atomic mass is 16.2. The Morgan fingerprint density at radius 2 is 1.44 bits per heavy atom. The van der Waals surface area contributed by atoms with Gasteiger partial charge in [-0.2, -0.15) is 0 Å². The van der Waals surface area contributed by atoms with Crippen molar-refractivity contribution in [3.05, 3.63) is 35.9 Å². The van der Waals surface area contributed by atoms with E-state index in [1.807, 2.05) is 18.2 Å². The first kappa shape index (κ1) is 8.18. The number of rotatable bonds is 0. The minimum absolute atomic E-state index is 1.00. The van der Waals surface area contributed by atoms with Crippen LogP contribution in [0.15, 0.2) is 30.3 Å². The standard InChI is InChI=1S/C7H8.CH4O/c1-7-5-3-2-4-6-7;1-2/h2-6H,1H3;2H,1H3. The Hall–Kier alpha value is -0.820. The monoisotopic (exact) mass is 124 g/mol. The van der Waals surface area contributed by atoms with E-state index >= 15 is 0 Å². The predicted octanol–water partition coefficient (Wildman–Crippen LogP) is 1.60. The molecule has 1 heteroatoms. The normalized spacial score (nSPS) is 7.44. The van der Waals surface area contributed by atoms with Crippen molar-refractivity contribution in [2.24, 2.45) is 0 Å². The maximum absolute atomic E-state index is 7.00. The Balaban J connectivity index is 0.000000291. The van der Waals surface area contributed by atoms with E-state index in [9.17, 15) is 0 Å². The van der Waals surface area contributed by atoms with Crippen LogP contribution in [-0.2, 0) is 0 Å². The second-order valence-electron chi connectivity index (χ2n) is 1.65. The van der Waals surface area contributed by atoms with Gasteiger partial charge in [-0.1, -0.05) is 35.9 Å².